The van der Waals surface area contributed by atoms with Gasteiger partial charge >= 0.3 is 0 Å². The Bertz CT molecular complexity index is 702. The zero-order valence-electron chi connectivity index (χ0n) is 14.9. The van der Waals surface area contributed by atoms with Gasteiger partial charge in [-0.2, -0.15) is 5.10 Å². The van der Waals surface area contributed by atoms with Crippen molar-refractivity contribution in [1.29, 1.82) is 0 Å². The van der Waals surface area contributed by atoms with E-state index in [4.69, 9.17) is 0 Å². The number of carbonyl (C=O) groups is 1. The molecule has 0 aliphatic rings. The van der Waals surface area contributed by atoms with Crippen molar-refractivity contribution in [2.45, 2.75) is 33.7 Å². The van der Waals surface area contributed by atoms with E-state index in [1.54, 1.807) is 0 Å². The van der Waals surface area contributed by atoms with Gasteiger partial charge in [-0.1, -0.05) is 35.0 Å². The normalized spacial score (nSPS) is 10.4. The van der Waals surface area contributed by atoms with Crippen LogP contribution in [0.1, 0.15) is 40.7 Å². The number of halogens is 2. The summed E-state index contributed by atoms with van der Waals surface area (Å²) in [6, 6.07) is 8.12. The molecule has 25 heavy (non-hydrogen) atoms. The van der Waals surface area contributed by atoms with E-state index in [2.05, 4.69) is 50.7 Å². The molecule has 5 nitrogen and oxygen atoms in total. The zero-order valence-corrected chi connectivity index (χ0v) is 17.3. The fourth-order valence-electron chi connectivity index (χ4n) is 2.64. The fraction of sp³-hybridized carbons (Fsp3) is 0.444. The summed E-state index contributed by atoms with van der Waals surface area (Å²) in [7, 11) is 0. The Labute approximate surface area is 164 Å². The lowest BCUT2D eigenvalue weighted by Crippen LogP contribution is -2.32. The first kappa shape index (κ1) is 21.7. The van der Waals surface area contributed by atoms with E-state index < -0.39 is 0 Å². The van der Waals surface area contributed by atoms with E-state index in [9.17, 15) is 4.79 Å². The van der Waals surface area contributed by atoms with Gasteiger partial charge in [0.2, 0.25) is 0 Å². The molecule has 0 bridgehead atoms. The van der Waals surface area contributed by atoms with Crippen LogP contribution >= 0.6 is 28.3 Å². The van der Waals surface area contributed by atoms with Crippen LogP contribution in [0.15, 0.2) is 28.7 Å². The van der Waals surface area contributed by atoms with Gasteiger partial charge in [-0.05, 0) is 44.5 Å². The molecule has 0 aliphatic heterocycles. The van der Waals surface area contributed by atoms with E-state index in [1.165, 1.54) is 0 Å². The smallest absolute Gasteiger partial charge is 0.255 e. The highest BCUT2D eigenvalue weighted by Gasteiger charge is 2.18. The Morgan fingerprint density at radius 2 is 2.00 bits per heavy atom. The minimum atomic E-state index is -0.0520. The van der Waals surface area contributed by atoms with E-state index >= 15 is 0 Å². The lowest BCUT2D eigenvalue weighted by atomic mass is 10.1. The Morgan fingerprint density at radius 3 is 2.68 bits per heavy atom. The summed E-state index contributed by atoms with van der Waals surface area (Å²) in [5, 5.41) is 10.8. The maximum absolute atomic E-state index is 12.4. The predicted octanol–water partition coefficient (Wildman–Crippen LogP) is 3.46. The molecule has 1 amide bonds. The van der Waals surface area contributed by atoms with Crippen LogP contribution < -0.4 is 10.6 Å². The highest BCUT2D eigenvalue weighted by atomic mass is 79.9. The first-order valence-electron chi connectivity index (χ1n) is 8.30. The maximum atomic E-state index is 12.4. The molecule has 138 valence electrons. The molecule has 1 heterocycles. The molecule has 2 rings (SSSR count). The third-order valence-electron chi connectivity index (χ3n) is 3.84. The van der Waals surface area contributed by atoms with Crippen molar-refractivity contribution < 1.29 is 4.79 Å². The Kier molecular flexibility index (Phi) is 9.17. The summed E-state index contributed by atoms with van der Waals surface area (Å²) in [6.45, 7) is 8.98. The van der Waals surface area contributed by atoms with E-state index in [0.29, 0.717) is 18.7 Å². The number of nitrogens with one attached hydrogen (secondary N) is 2. The minimum absolute atomic E-state index is 0. The molecular weight excluding hydrogens is 404 g/mol. The second kappa shape index (κ2) is 10.6. The average Bonchev–Trinajstić information content (AvgIpc) is 2.81. The first-order chi connectivity index (χ1) is 11.5. The monoisotopic (exact) mass is 428 g/mol. The van der Waals surface area contributed by atoms with Gasteiger partial charge in [0, 0.05) is 23.3 Å². The van der Waals surface area contributed by atoms with Crippen molar-refractivity contribution in [3.8, 4) is 0 Å². The topological polar surface area (TPSA) is 58.9 Å². The van der Waals surface area contributed by atoms with Gasteiger partial charge in [-0.3, -0.25) is 9.48 Å². The van der Waals surface area contributed by atoms with Crippen molar-refractivity contribution in [2.24, 2.45) is 0 Å². The number of rotatable bonds is 8. The van der Waals surface area contributed by atoms with Crippen LogP contribution in [-0.2, 0) is 6.54 Å². The largest absolute Gasteiger partial charge is 0.351 e. The molecular formula is C18H26BrClN4O. The number of benzene rings is 1. The van der Waals surface area contributed by atoms with E-state index in [0.717, 1.165) is 40.9 Å². The van der Waals surface area contributed by atoms with Crippen LogP contribution in [0.2, 0.25) is 0 Å². The first-order valence-corrected chi connectivity index (χ1v) is 9.09. The van der Waals surface area contributed by atoms with E-state index in [-0.39, 0.29) is 18.3 Å². The highest BCUT2D eigenvalue weighted by molar-refractivity contribution is 9.10. The Hall–Kier alpha value is -1.37. The van der Waals surface area contributed by atoms with Gasteiger partial charge in [-0.25, -0.2) is 0 Å². The van der Waals surface area contributed by atoms with Gasteiger partial charge in [0.1, 0.15) is 0 Å². The Morgan fingerprint density at radius 1 is 1.24 bits per heavy atom. The summed E-state index contributed by atoms with van der Waals surface area (Å²) in [4.78, 5) is 12.4. The number of amides is 1. The van der Waals surface area contributed by atoms with E-state index in [1.807, 2.05) is 30.7 Å². The number of carbonyl (C=O) groups excluding carboxylic acids is 1. The number of aromatic nitrogens is 2. The Balaban J connectivity index is 0.00000312. The van der Waals surface area contributed by atoms with Crippen LogP contribution in [0.3, 0.4) is 0 Å². The molecule has 0 spiro atoms. The SMILES string of the molecule is CCCNCCNC(=O)c1c(C)nn(Cc2cccc(Br)c2)c1C.Cl. The summed E-state index contributed by atoms with van der Waals surface area (Å²) in [5.74, 6) is -0.0520. The second-order valence-corrected chi connectivity index (χ2v) is 6.75. The van der Waals surface area contributed by atoms with Gasteiger partial charge in [0.25, 0.3) is 5.91 Å². The van der Waals surface area contributed by atoms with Crippen molar-refractivity contribution in [3.05, 3.63) is 51.3 Å². The molecule has 1 aromatic heterocycles. The molecule has 0 unspecified atom stereocenters. The summed E-state index contributed by atoms with van der Waals surface area (Å²) in [5.41, 5.74) is 3.49. The highest BCUT2D eigenvalue weighted by Crippen LogP contribution is 2.17. The number of hydrogen-bond acceptors (Lipinski definition) is 3. The van der Waals surface area contributed by atoms with Gasteiger partial charge in [-0.15, -0.1) is 12.4 Å². The fourth-order valence-corrected chi connectivity index (χ4v) is 3.09. The molecule has 0 atom stereocenters. The molecule has 2 N–H and O–H groups in total. The van der Waals surface area contributed by atoms with Crippen LogP contribution in [-0.4, -0.2) is 35.3 Å². The molecule has 0 saturated heterocycles. The van der Waals surface area contributed by atoms with Gasteiger partial charge in [0.15, 0.2) is 0 Å². The number of nitrogens with zero attached hydrogens (tertiary/aromatic N) is 2. The lowest BCUT2D eigenvalue weighted by Gasteiger charge is -2.08. The summed E-state index contributed by atoms with van der Waals surface area (Å²) in [6.07, 6.45) is 1.09. The van der Waals surface area contributed by atoms with Gasteiger partial charge < -0.3 is 10.6 Å². The number of aryl methyl sites for hydroxylation is 1. The predicted molar refractivity (Wildman–Crippen MR) is 108 cm³/mol. The number of hydrogen-bond donors (Lipinski definition) is 2. The van der Waals surface area contributed by atoms with Crippen LogP contribution in [0.5, 0.6) is 0 Å². The quantitative estimate of drug-likeness (QED) is 0.632. The molecule has 7 heteroatoms. The molecule has 0 saturated carbocycles. The average molecular weight is 430 g/mol. The second-order valence-electron chi connectivity index (χ2n) is 5.84. The molecule has 0 radical (unpaired) electrons. The van der Waals surface area contributed by atoms with Gasteiger partial charge in [0.05, 0.1) is 17.8 Å². The molecule has 0 fully saturated rings. The third-order valence-corrected chi connectivity index (χ3v) is 4.34. The molecule has 2 aromatic rings. The lowest BCUT2D eigenvalue weighted by molar-refractivity contribution is 0.0952. The van der Waals surface area contributed by atoms with Crippen LogP contribution in [0.25, 0.3) is 0 Å². The standard InChI is InChI=1S/C18H25BrN4O.ClH/c1-4-8-20-9-10-21-18(24)17-13(2)22-23(14(17)3)12-15-6-5-7-16(19)11-15;/h5-7,11,20H,4,8-10,12H2,1-3H3,(H,21,24);1H. The summed E-state index contributed by atoms with van der Waals surface area (Å²) >= 11 is 3.48. The van der Waals surface area contributed by atoms with Crippen molar-refractivity contribution in [1.82, 2.24) is 20.4 Å². The minimum Gasteiger partial charge on any atom is -0.351 e. The molecule has 1 aromatic carbocycles. The molecule has 0 aliphatic carbocycles. The van der Waals surface area contributed by atoms with Crippen LogP contribution in [0.4, 0.5) is 0 Å². The van der Waals surface area contributed by atoms with Crippen molar-refractivity contribution in [3.63, 3.8) is 0 Å². The van der Waals surface area contributed by atoms with Crippen LogP contribution in [0, 0.1) is 13.8 Å². The van der Waals surface area contributed by atoms with Crippen molar-refractivity contribution >= 4 is 34.2 Å². The third kappa shape index (κ3) is 6.13. The maximum Gasteiger partial charge on any atom is 0.255 e. The van der Waals surface area contributed by atoms with Crippen molar-refractivity contribution in [2.75, 3.05) is 19.6 Å². The zero-order chi connectivity index (χ0) is 17.5. The summed E-state index contributed by atoms with van der Waals surface area (Å²) < 4.78 is 2.93.